The predicted molar refractivity (Wildman–Crippen MR) is 65.4 cm³/mol. The summed E-state index contributed by atoms with van der Waals surface area (Å²) in [5.41, 5.74) is 8.44. The molecular weight excluding hydrogens is 244 g/mol. The van der Waals surface area contributed by atoms with Gasteiger partial charge in [0.2, 0.25) is 0 Å². The molecule has 1 fully saturated rings. The van der Waals surface area contributed by atoms with Crippen LogP contribution in [0.15, 0.2) is 5.51 Å². The maximum Gasteiger partial charge on any atom is 0.152 e. The van der Waals surface area contributed by atoms with Crippen molar-refractivity contribution >= 4 is 21.2 Å². The van der Waals surface area contributed by atoms with E-state index in [1.807, 2.05) is 12.4 Å². The normalized spacial score (nSPS) is 28.4. The Bertz CT molecular complexity index is 481. The van der Waals surface area contributed by atoms with Gasteiger partial charge < -0.3 is 5.73 Å². The Morgan fingerprint density at radius 2 is 2.38 bits per heavy atom. The molecule has 2 heterocycles. The Labute approximate surface area is 99.8 Å². The highest BCUT2D eigenvalue weighted by Gasteiger charge is 2.38. The largest absolute Gasteiger partial charge is 0.324 e. The van der Waals surface area contributed by atoms with Crippen LogP contribution in [0.2, 0.25) is 0 Å². The zero-order valence-electron chi connectivity index (χ0n) is 9.27. The monoisotopic (exact) mass is 260 g/mol. The highest BCUT2D eigenvalue weighted by molar-refractivity contribution is 7.91. The summed E-state index contributed by atoms with van der Waals surface area (Å²) in [6.45, 7) is 1.97. The van der Waals surface area contributed by atoms with Crippen molar-refractivity contribution < 1.29 is 8.42 Å². The van der Waals surface area contributed by atoms with Gasteiger partial charge in [-0.1, -0.05) is 0 Å². The lowest BCUT2D eigenvalue weighted by molar-refractivity contribution is 0.443. The fourth-order valence-electron chi connectivity index (χ4n) is 2.07. The average molecular weight is 260 g/mol. The molecule has 1 aromatic rings. The highest BCUT2D eigenvalue weighted by atomic mass is 32.2. The number of hydrogen-bond acceptors (Lipinski definition) is 5. The first-order valence-electron chi connectivity index (χ1n) is 5.29. The van der Waals surface area contributed by atoms with E-state index >= 15 is 0 Å². The minimum absolute atomic E-state index is 0.137. The molecule has 0 aromatic carbocycles. The van der Waals surface area contributed by atoms with Crippen molar-refractivity contribution in [2.75, 3.05) is 11.5 Å². The van der Waals surface area contributed by atoms with Crippen molar-refractivity contribution in [2.45, 2.75) is 31.7 Å². The van der Waals surface area contributed by atoms with Gasteiger partial charge in [-0.2, -0.15) is 0 Å². The van der Waals surface area contributed by atoms with Gasteiger partial charge in [-0.05, 0) is 26.2 Å². The number of rotatable bonds is 3. The third kappa shape index (κ3) is 2.61. The molecule has 0 bridgehead atoms. The van der Waals surface area contributed by atoms with Gasteiger partial charge in [0.15, 0.2) is 9.84 Å². The van der Waals surface area contributed by atoms with Crippen LogP contribution in [0.25, 0.3) is 0 Å². The summed E-state index contributed by atoms with van der Waals surface area (Å²) in [6.07, 6.45) is 2.16. The van der Waals surface area contributed by atoms with E-state index in [-0.39, 0.29) is 11.5 Å². The van der Waals surface area contributed by atoms with Gasteiger partial charge >= 0.3 is 0 Å². The lowest BCUT2D eigenvalue weighted by Gasteiger charge is -2.21. The second kappa shape index (κ2) is 4.09. The van der Waals surface area contributed by atoms with Crippen LogP contribution in [0, 0.1) is 6.92 Å². The Balaban J connectivity index is 1.99. The number of aromatic nitrogens is 1. The molecule has 2 rings (SSSR count). The smallest absolute Gasteiger partial charge is 0.152 e. The van der Waals surface area contributed by atoms with E-state index in [2.05, 4.69) is 4.98 Å². The average Bonchev–Trinajstić information content (AvgIpc) is 2.69. The SMILES string of the molecule is Cc1ncsc1CCC1(N)CCS(=O)(=O)C1. The Kier molecular flexibility index (Phi) is 3.07. The first-order chi connectivity index (χ1) is 7.40. The van der Waals surface area contributed by atoms with Gasteiger partial charge in [-0.25, -0.2) is 13.4 Å². The summed E-state index contributed by atoms with van der Waals surface area (Å²) in [4.78, 5) is 5.39. The number of hydrogen-bond donors (Lipinski definition) is 1. The van der Waals surface area contributed by atoms with Crippen LogP contribution in [-0.4, -0.2) is 30.4 Å². The van der Waals surface area contributed by atoms with Gasteiger partial charge in [0.25, 0.3) is 0 Å². The third-order valence-corrected chi connectivity index (χ3v) is 5.95. The van der Waals surface area contributed by atoms with Crippen molar-refractivity contribution in [3.8, 4) is 0 Å². The summed E-state index contributed by atoms with van der Waals surface area (Å²) in [5, 5.41) is 0. The maximum absolute atomic E-state index is 11.4. The van der Waals surface area contributed by atoms with Gasteiger partial charge in [0.05, 0.1) is 22.7 Å². The number of nitrogens with two attached hydrogens (primary N) is 1. The van der Waals surface area contributed by atoms with Gasteiger partial charge in [0, 0.05) is 10.4 Å². The lowest BCUT2D eigenvalue weighted by atomic mass is 9.93. The molecule has 0 aliphatic carbocycles. The van der Waals surface area contributed by atoms with E-state index in [1.165, 1.54) is 4.88 Å². The minimum atomic E-state index is -2.89. The van der Waals surface area contributed by atoms with Crippen LogP contribution in [0.5, 0.6) is 0 Å². The van der Waals surface area contributed by atoms with E-state index < -0.39 is 15.4 Å². The number of thiazole rings is 1. The van der Waals surface area contributed by atoms with Gasteiger partial charge in [0.1, 0.15) is 0 Å². The Morgan fingerprint density at radius 3 is 2.88 bits per heavy atom. The molecule has 1 aliphatic heterocycles. The van der Waals surface area contributed by atoms with E-state index in [9.17, 15) is 8.42 Å². The molecule has 0 amide bonds. The second-order valence-electron chi connectivity index (χ2n) is 4.57. The fraction of sp³-hybridized carbons (Fsp3) is 0.700. The predicted octanol–water partition coefficient (Wildman–Crippen LogP) is 0.900. The van der Waals surface area contributed by atoms with Crippen molar-refractivity contribution in [3.05, 3.63) is 16.1 Å². The molecule has 1 saturated heterocycles. The third-order valence-electron chi connectivity index (χ3n) is 3.11. The van der Waals surface area contributed by atoms with Crippen molar-refractivity contribution in [2.24, 2.45) is 5.73 Å². The van der Waals surface area contributed by atoms with Gasteiger partial charge in [-0.3, -0.25) is 0 Å². The van der Waals surface area contributed by atoms with Crippen molar-refractivity contribution in [1.29, 1.82) is 0 Å². The topological polar surface area (TPSA) is 73.0 Å². The molecule has 1 atom stereocenters. The van der Waals surface area contributed by atoms with Crippen LogP contribution in [0.3, 0.4) is 0 Å². The summed E-state index contributed by atoms with van der Waals surface area (Å²) < 4.78 is 22.8. The molecule has 90 valence electrons. The Hall–Kier alpha value is -0.460. The van der Waals surface area contributed by atoms with Crippen LogP contribution in [0.4, 0.5) is 0 Å². The molecule has 16 heavy (non-hydrogen) atoms. The first-order valence-corrected chi connectivity index (χ1v) is 7.99. The van der Waals surface area contributed by atoms with Crippen LogP contribution < -0.4 is 5.73 Å². The number of aryl methyl sites for hydroxylation is 2. The summed E-state index contributed by atoms with van der Waals surface area (Å²) in [7, 11) is -2.89. The molecule has 6 heteroatoms. The maximum atomic E-state index is 11.4. The van der Waals surface area contributed by atoms with Gasteiger partial charge in [-0.15, -0.1) is 11.3 Å². The second-order valence-corrected chi connectivity index (χ2v) is 7.69. The molecule has 4 nitrogen and oxygen atoms in total. The van der Waals surface area contributed by atoms with Crippen molar-refractivity contribution in [3.63, 3.8) is 0 Å². The lowest BCUT2D eigenvalue weighted by Crippen LogP contribution is -2.41. The summed E-state index contributed by atoms with van der Waals surface area (Å²) in [6, 6.07) is 0. The van der Waals surface area contributed by atoms with Crippen LogP contribution in [-0.2, 0) is 16.3 Å². The van der Waals surface area contributed by atoms with Crippen LogP contribution in [0.1, 0.15) is 23.4 Å². The number of nitrogens with zero attached hydrogens (tertiary/aromatic N) is 1. The molecule has 0 saturated carbocycles. The quantitative estimate of drug-likeness (QED) is 0.876. The van der Waals surface area contributed by atoms with E-state index in [1.54, 1.807) is 11.3 Å². The fourth-order valence-corrected chi connectivity index (χ4v) is 4.87. The molecule has 1 aliphatic rings. The highest BCUT2D eigenvalue weighted by Crippen LogP contribution is 2.27. The molecule has 1 aromatic heterocycles. The van der Waals surface area contributed by atoms with Crippen LogP contribution >= 0.6 is 11.3 Å². The summed E-state index contributed by atoms with van der Waals surface area (Å²) in [5.74, 6) is 0.378. The zero-order chi connectivity index (χ0) is 11.8. The molecule has 0 radical (unpaired) electrons. The molecule has 0 spiro atoms. The molecule has 1 unspecified atom stereocenters. The molecule has 2 N–H and O–H groups in total. The standard InChI is InChI=1S/C10H16N2O2S2/c1-8-9(15-7-12-8)2-3-10(11)4-5-16(13,14)6-10/h7H,2-6,11H2,1H3. The van der Waals surface area contributed by atoms with E-state index in [0.29, 0.717) is 6.42 Å². The van der Waals surface area contributed by atoms with E-state index in [0.717, 1.165) is 18.5 Å². The molecular formula is C10H16N2O2S2. The van der Waals surface area contributed by atoms with E-state index in [4.69, 9.17) is 5.73 Å². The summed E-state index contributed by atoms with van der Waals surface area (Å²) >= 11 is 1.62. The minimum Gasteiger partial charge on any atom is -0.324 e. The first kappa shape index (κ1) is 12.0. The number of sulfone groups is 1. The zero-order valence-corrected chi connectivity index (χ0v) is 10.9. The Morgan fingerprint density at radius 1 is 1.62 bits per heavy atom. The van der Waals surface area contributed by atoms with Crippen molar-refractivity contribution in [1.82, 2.24) is 4.98 Å².